The number of nitrogens with zero attached hydrogens (tertiary/aromatic N) is 1. The van der Waals surface area contributed by atoms with Gasteiger partial charge < -0.3 is 15.3 Å². The van der Waals surface area contributed by atoms with Gasteiger partial charge in [-0.1, -0.05) is 0 Å². The van der Waals surface area contributed by atoms with Gasteiger partial charge in [-0.15, -0.1) is 0 Å². The zero-order chi connectivity index (χ0) is 14.1. The van der Waals surface area contributed by atoms with E-state index in [2.05, 4.69) is 5.32 Å². The molecule has 0 aliphatic rings. The predicted octanol–water partition coefficient (Wildman–Crippen LogP) is 0.614. The number of carbonyl (C=O) groups excluding carboxylic acids is 2. The minimum Gasteiger partial charge on any atom is -0.480 e. The molecule has 2 amide bonds. The van der Waals surface area contributed by atoms with Gasteiger partial charge in [-0.25, -0.2) is 0 Å². The predicted molar refractivity (Wildman–Crippen MR) is 67.0 cm³/mol. The molecule has 0 saturated heterocycles. The Hall–Kier alpha value is -1.59. The number of hydrogen-bond acceptors (Lipinski definition) is 3. The lowest BCUT2D eigenvalue weighted by Gasteiger charge is -2.18. The molecule has 6 nitrogen and oxygen atoms in total. The van der Waals surface area contributed by atoms with Crippen molar-refractivity contribution in [3.8, 4) is 0 Å². The molecule has 0 rings (SSSR count). The van der Waals surface area contributed by atoms with Crippen LogP contribution in [0.2, 0.25) is 0 Å². The summed E-state index contributed by atoms with van der Waals surface area (Å²) in [6, 6.07) is -0.893. The molecule has 0 bridgehead atoms. The van der Waals surface area contributed by atoms with E-state index in [9.17, 15) is 14.4 Å². The SMILES string of the molecule is CCN(CC)C(=O)CCCC(=O)NC(C)C(=O)O. The molecule has 104 valence electrons. The first-order valence-electron chi connectivity index (χ1n) is 6.22. The van der Waals surface area contributed by atoms with Gasteiger partial charge in [0.2, 0.25) is 11.8 Å². The van der Waals surface area contributed by atoms with E-state index in [1.54, 1.807) is 4.90 Å². The number of carboxylic acid groups (broad SMARTS) is 1. The smallest absolute Gasteiger partial charge is 0.325 e. The van der Waals surface area contributed by atoms with Crippen LogP contribution in [-0.4, -0.2) is 46.9 Å². The molecular weight excluding hydrogens is 236 g/mol. The number of carboxylic acids is 1. The van der Waals surface area contributed by atoms with E-state index in [1.165, 1.54) is 6.92 Å². The van der Waals surface area contributed by atoms with E-state index in [4.69, 9.17) is 5.11 Å². The third-order valence-corrected chi connectivity index (χ3v) is 2.66. The number of hydrogen-bond donors (Lipinski definition) is 2. The maximum absolute atomic E-state index is 11.6. The molecule has 6 heteroatoms. The summed E-state index contributed by atoms with van der Waals surface area (Å²) in [5.74, 6) is -1.38. The van der Waals surface area contributed by atoms with E-state index >= 15 is 0 Å². The summed E-state index contributed by atoms with van der Waals surface area (Å²) in [4.78, 5) is 35.2. The summed E-state index contributed by atoms with van der Waals surface area (Å²) >= 11 is 0. The van der Waals surface area contributed by atoms with Crippen molar-refractivity contribution >= 4 is 17.8 Å². The van der Waals surface area contributed by atoms with Gasteiger partial charge in [0.1, 0.15) is 6.04 Å². The quantitative estimate of drug-likeness (QED) is 0.668. The summed E-state index contributed by atoms with van der Waals surface area (Å²) in [6.07, 6.45) is 0.925. The number of carbonyl (C=O) groups is 3. The fourth-order valence-electron chi connectivity index (χ4n) is 1.51. The topological polar surface area (TPSA) is 86.7 Å². The summed E-state index contributed by atoms with van der Waals surface area (Å²) < 4.78 is 0. The van der Waals surface area contributed by atoms with E-state index in [0.29, 0.717) is 25.9 Å². The fourth-order valence-corrected chi connectivity index (χ4v) is 1.51. The fraction of sp³-hybridized carbons (Fsp3) is 0.750. The van der Waals surface area contributed by atoms with Crippen LogP contribution in [0, 0.1) is 0 Å². The summed E-state index contributed by atoms with van der Waals surface area (Å²) in [7, 11) is 0. The Labute approximate surface area is 107 Å². The first-order valence-corrected chi connectivity index (χ1v) is 6.22. The summed E-state index contributed by atoms with van der Waals surface area (Å²) in [5, 5.41) is 11.0. The van der Waals surface area contributed by atoms with Crippen LogP contribution < -0.4 is 5.32 Å². The molecule has 0 aromatic heterocycles. The maximum Gasteiger partial charge on any atom is 0.325 e. The molecule has 0 aliphatic carbocycles. The van der Waals surface area contributed by atoms with Crippen molar-refractivity contribution in [3.63, 3.8) is 0 Å². The second-order valence-corrected chi connectivity index (χ2v) is 4.05. The lowest BCUT2D eigenvalue weighted by Crippen LogP contribution is -2.38. The minimum atomic E-state index is -1.07. The molecule has 0 spiro atoms. The summed E-state index contributed by atoms with van der Waals surface area (Å²) in [5.41, 5.74) is 0. The number of aliphatic carboxylic acids is 1. The Morgan fingerprint density at radius 3 is 2.17 bits per heavy atom. The molecule has 1 atom stereocenters. The minimum absolute atomic E-state index is 0.0269. The molecule has 0 aliphatic heterocycles. The molecule has 0 fully saturated rings. The van der Waals surface area contributed by atoms with Crippen LogP contribution in [0.15, 0.2) is 0 Å². The standard InChI is InChI=1S/C12H22N2O4/c1-4-14(5-2)11(16)8-6-7-10(15)13-9(3)12(17)18/h9H,4-8H2,1-3H3,(H,13,15)(H,17,18). The van der Waals surface area contributed by atoms with Gasteiger partial charge in [-0.2, -0.15) is 0 Å². The Bertz CT molecular complexity index is 300. The van der Waals surface area contributed by atoms with Crippen molar-refractivity contribution in [2.45, 2.75) is 46.1 Å². The van der Waals surface area contributed by atoms with Gasteiger partial charge in [0.05, 0.1) is 0 Å². The number of nitrogens with one attached hydrogen (secondary N) is 1. The Morgan fingerprint density at radius 1 is 1.17 bits per heavy atom. The van der Waals surface area contributed by atoms with Crippen LogP contribution in [0.1, 0.15) is 40.0 Å². The second kappa shape index (κ2) is 8.49. The Kier molecular flexibility index (Phi) is 7.74. The highest BCUT2D eigenvalue weighted by Crippen LogP contribution is 2.01. The molecule has 0 radical (unpaired) electrons. The van der Waals surface area contributed by atoms with E-state index in [1.807, 2.05) is 13.8 Å². The summed E-state index contributed by atoms with van der Waals surface area (Å²) in [6.45, 7) is 6.54. The van der Waals surface area contributed by atoms with Gasteiger partial charge in [0.25, 0.3) is 0 Å². The van der Waals surface area contributed by atoms with Crippen LogP contribution in [0.25, 0.3) is 0 Å². The third-order valence-electron chi connectivity index (χ3n) is 2.66. The van der Waals surface area contributed by atoms with Crippen molar-refractivity contribution in [1.82, 2.24) is 10.2 Å². The average Bonchev–Trinajstić information content (AvgIpc) is 2.30. The molecule has 0 aromatic rings. The zero-order valence-corrected chi connectivity index (χ0v) is 11.2. The van der Waals surface area contributed by atoms with Crippen LogP contribution >= 0.6 is 0 Å². The molecule has 1 unspecified atom stereocenters. The first kappa shape index (κ1) is 16.4. The monoisotopic (exact) mass is 258 g/mol. The third kappa shape index (κ3) is 6.22. The van der Waals surface area contributed by atoms with Gasteiger partial charge in [-0.3, -0.25) is 14.4 Å². The van der Waals surface area contributed by atoms with Crippen LogP contribution in [0.5, 0.6) is 0 Å². The van der Waals surface area contributed by atoms with E-state index in [0.717, 1.165) is 0 Å². The van der Waals surface area contributed by atoms with Gasteiger partial charge in [0, 0.05) is 25.9 Å². The lowest BCUT2D eigenvalue weighted by atomic mass is 10.2. The lowest BCUT2D eigenvalue weighted by molar-refractivity contribution is -0.141. The number of amides is 2. The Balaban J connectivity index is 3.87. The molecule has 0 aromatic carbocycles. The highest BCUT2D eigenvalue weighted by atomic mass is 16.4. The normalized spacial score (nSPS) is 11.7. The van der Waals surface area contributed by atoms with Crippen molar-refractivity contribution < 1.29 is 19.5 Å². The van der Waals surface area contributed by atoms with Crippen LogP contribution in [-0.2, 0) is 14.4 Å². The van der Waals surface area contributed by atoms with Crippen LogP contribution in [0.4, 0.5) is 0 Å². The van der Waals surface area contributed by atoms with Crippen molar-refractivity contribution in [3.05, 3.63) is 0 Å². The van der Waals surface area contributed by atoms with Gasteiger partial charge >= 0.3 is 5.97 Å². The molecule has 18 heavy (non-hydrogen) atoms. The van der Waals surface area contributed by atoms with Crippen molar-refractivity contribution in [2.75, 3.05) is 13.1 Å². The molecule has 2 N–H and O–H groups in total. The molecular formula is C12H22N2O4. The molecule has 0 saturated carbocycles. The number of rotatable bonds is 8. The van der Waals surface area contributed by atoms with Crippen molar-refractivity contribution in [1.29, 1.82) is 0 Å². The van der Waals surface area contributed by atoms with Gasteiger partial charge in [-0.05, 0) is 27.2 Å². The maximum atomic E-state index is 11.6. The largest absolute Gasteiger partial charge is 0.480 e. The van der Waals surface area contributed by atoms with E-state index < -0.39 is 12.0 Å². The van der Waals surface area contributed by atoms with Gasteiger partial charge in [0.15, 0.2) is 0 Å². The molecule has 0 heterocycles. The zero-order valence-electron chi connectivity index (χ0n) is 11.2. The average molecular weight is 258 g/mol. The van der Waals surface area contributed by atoms with Crippen molar-refractivity contribution in [2.24, 2.45) is 0 Å². The Morgan fingerprint density at radius 2 is 1.72 bits per heavy atom. The first-order chi connectivity index (χ1) is 8.42. The van der Waals surface area contributed by atoms with Crippen LogP contribution in [0.3, 0.4) is 0 Å². The second-order valence-electron chi connectivity index (χ2n) is 4.05. The highest BCUT2D eigenvalue weighted by Gasteiger charge is 2.14. The highest BCUT2D eigenvalue weighted by molar-refractivity contribution is 5.83. The van der Waals surface area contributed by atoms with E-state index in [-0.39, 0.29) is 18.2 Å².